The van der Waals surface area contributed by atoms with Gasteiger partial charge >= 0.3 is 6.03 Å². The van der Waals surface area contributed by atoms with Crippen molar-refractivity contribution in [1.29, 1.82) is 5.26 Å². The number of ether oxygens (including phenoxy) is 1. The van der Waals surface area contributed by atoms with Gasteiger partial charge in [-0.05, 0) is 26.0 Å². The Morgan fingerprint density at radius 1 is 1.60 bits per heavy atom. The van der Waals surface area contributed by atoms with Gasteiger partial charge in [-0.25, -0.2) is 14.2 Å². The van der Waals surface area contributed by atoms with Crippen LogP contribution in [0.5, 0.6) is 10.8 Å². The van der Waals surface area contributed by atoms with Crippen LogP contribution in [0.25, 0.3) is 0 Å². The van der Waals surface area contributed by atoms with E-state index in [9.17, 15) is 14.3 Å². The number of hydrogen-bond acceptors (Lipinski definition) is 6. The highest BCUT2D eigenvalue weighted by Gasteiger charge is 2.16. The van der Waals surface area contributed by atoms with Gasteiger partial charge in [0, 0.05) is 19.2 Å². The predicted octanol–water partition coefficient (Wildman–Crippen LogP) is 3.18. The van der Waals surface area contributed by atoms with Crippen LogP contribution in [0.4, 0.5) is 14.3 Å². The van der Waals surface area contributed by atoms with Gasteiger partial charge in [0.1, 0.15) is 0 Å². The smallest absolute Gasteiger partial charge is 0.323 e. The third kappa shape index (κ3) is 5.14. The minimum Gasteiger partial charge on any atom is -0.442 e. The summed E-state index contributed by atoms with van der Waals surface area (Å²) in [5, 5.41) is 21.4. The van der Waals surface area contributed by atoms with Crippen LogP contribution < -0.4 is 10.1 Å². The normalized spacial score (nSPS) is 11.5. The second-order valence-electron chi connectivity index (χ2n) is 5.16. The van der Waals surface area contributed by atoms with Crippen molar-refractivity contribution in [2.75, 3.05) is 18.4 Å². The first-order chi connectivity index (χ1) is 11.9. The third-order valence-corrected chi connectivity index (χ3v) is 3.91. The number of aliphatic hydroxyl groups excluding tert-OH is 1. The molecular weight excluding hydrogens is 347 g/mol. The average Bonchev–Trinajstić information content (AvgIpc) is 3.01. The topological polar surface area (TPSA) is 98.5 Å². The molecule has 132 valence electrons. The second-order valence-corrected chi connectivity index (χ2v) is 6.15. The zero-order valence-corrected chi connectivity index (χ0v) is 14.5. The highest BCUT2D eigenvalue weighted by atomic mass is 32.1. The van der Waals surface area contributed by atoms with E-state index >= 15 is 0 Å². The Labute approximate surface area is 148 Å². The number of thiazole rings is 1. The molecule has 1 aromatic heterocycles. The van der Waals surface area contributed by atoms with Crippen molar-refractivity contribution in [2.45, 2.75) is 20.0 Å². The Balaban J connectivity index is 2.05. The molecule has 2 aromatic rings. The number of rotatable bonds is 6. The van der Waals surface area contributed by atoms with Gasteiger partial charge < -0.3 is 14.7 Å². The molecule has 2 rings (SSSR count). The van der Waals surface area contributed by atoms with E-state index in [-0.39, 0.29) is 28.1 Å². The summed E-state index contributed by atoms with van der Waals surface area (Å²) in [5.41, 5.74) is 0.270. The lowest BCUT2D eigenvalue weighted by Crippen LogP contribution is -2.39. The molecule has 2 amide bonds. The van der Waals surface area contributed by atoms with E-state index in [1.165, 1.54) is 23.2 Å². The molecule has 0 aliphatic heterocycles. The number of aromatic nitrogens is 1. The lowest BCUT2D eigenvalue weighted by atomic mass is 10.2. The molecule has 0 saturated carbocycles. The minimum absolute atomic E-state index is 0.0927. The molecule has 1 atom stereocenters. The number of carbonyl (C=O) groups excluding carboxylic acids is 1. The molecule has 0 aliphatic carbocycles. The van der Waals surface area contributed by atoms with Crippen molar-refractivity contribution in [2.24, 2.45) is 0 Å². The number of nitrogens with one attached hydrogen (secondary N) is 1. The molecule has 1 heterocycles. The van der Waals surface area contributed by atoms with E-state index in [1.807, 2.05) is 6.07 Å². The summed E-state index contributed by atoms with van der Waals surface area (Å²) in [7, 11) is 0. The number of nitriles is 1. The van der Waals surface area contributed by atoms with Gasteiger partial charge in [-0.3, -0.25) is 5.32 Å². The molecule has 0 radical (unpaired) electrons. The Kier molecular flexibility index (Phi) is 6.27. The van der Waals surface area contributed by atoms with Crippen LogP contribution in [0.3, 0.4) is 0 Å². The summed E-state index contributed by atoms with van der Waals surface area (Å²) in [6, 6.07) is 5.28. The zero-order valence-electron chi connectivity index (χ0n) is 13.7. The number of nitrogens with zero attached hydrogens (tertiary/aromatic N) is 3. The van der Waals surface area contributed by atoms with E-state index in [2.05, 4.69) is 10.3 Å². The van der Waals surface area contributed by atoms with Crippen LogP contribution in [0.2, 0.25) is 0 Å². The highest BCUT2D eigenvalue weighted by Crippen LogP contribution is 2.32. The van der Waals surface area contributed by atoms with Crippen molar-refractivity contribution in [3.05, 3.63) is 35.8 Å². The monoisotopic (exact) mass is 364 g/mol. The minimum atomic E-state index is -0.642. The van der Waals surface area contributed by atoms with Gasteiger partial charge in [0.25, 0.3) is 0 Å². The number of carbonyl (C=O) groups is 1. The lowest BCUT2D eigenvalue weighted by molar-refractivity contribution is 0.141. The fourth-order valence-electron chi connectivity index (χ4n) is 1.97. The summed E-state index contributed by atoms with van der Waals surface area (Å²) in [6.07, 6.45) is 0.709. The van der Waals surface area contributed by atoms with Gasteiger partial charge in [-0.15, -0.1) is 0 Å². The predicted molar refractivity (Wildman–Crippen MR) is 91.2 cm³/mol. The first-order valence-corrected chi connectivity index (χ1v) is 8.32. The van der Waals surface area contributed by atoms with Crippen molar-refractivity contribution in [3.63, 3.8) is 0 Å². The third-order valence-electron chi connectivity index (χ3n) is 3.12. The molecular formula is C16H17FN4O3S. The lowest BCUT2D eigenvalue weighted by Gasteiger charge is -2.21. The molecule has 1 aromatic carbocycles. The zero-order chi connectivity index (χ0) is 18.4. The van der Waals surface area contributed by atoms with Gasteiger partial charge in [-0.2, -0.15) is 5.26 Å². The van der Waals surface area contributed by atoms with Crippen LogP contribution in [0.15, 0.2) is 24.4 Å². The Hall–Kier alpha value is -2.70. The van der Waals surface area contributed by atoms with Gasteiger partial charge in [0.15, 0.2) is 16.7 Å². The quantitative estimate of drug-likeness (QED) is 0.820. The molecule has 7 nitrogen and oxygen atoms in total. The molecule has 0 unspecified atom stereocenters. The standard InChI is InChI=1S/C16H17FN4O3S/c1-3-21(9-10(2)22)16(23)20-15-19-8-14(25-15)24-13-6-11(7-18)4-5-12(13)17/h4-6,8,10,22H,3,9H2,1-2H3,(H,19,20,23)/t10-/m0/s1. The van der Waals surface area contributed by atoms with Crippen LogP contribution in [-0.2, 0) is 0 Å². The van der Waals surface area contributed by atoms with E-state index in [0.29, 0.717) is 6.54 Å². The van der Waals surface area contributed by atoms with Crippen molar-refractivity contribution >= 4 is 22.5 Å². The van der Waals surface area contributed by atoms with Crippen LogP contribution >= 0.6 is 11.3 Å². The molecule has 0 bridgehead atoms. The van der Waals surface area contributed by atoms with Gasteiger partial charge in [-0.1, -0.05) is 11.3 Å². The van der Waals surface area contributed by atoms with Crippen LogP contribution in [0.1, 0.15) is 19.4 Å². The van der Waals surface area contributed by atoms with E-state index in [4.69, 9.17) is 10.00 Å². The molecule has 9 heteroatoms. The number of urea groups is 1. The number of likely N-dealkylation sites (N-methyl/N-ethyl adjacent to an activating group) is 1. The molecule has 25 heavy (non-hydrogen) atoms. The number of hydrogen-bond donors (Lipinski definition) is 2. The molecule has 2 N–H and O–H groups in total. The van der Waals surface area contributed by atoms with E-state index in [1.54, 1.807) is 13.8 Å². The van der Waals surface area contributed by atoms with Gasteiger partial charge in [0.2, 0.25) is 5.06 Å². The van der Waals surface area contributed by atoms with Gasteiger partial charge in [0.05, 0.1) is 23.9 Å². The van der Waals surface area contributed by atoms with E-state index < -0.39 is 18.0 Å². The number of halogens is 1. The maximum atomic E-state index is 13.7. The maximum absolute atomic E-state index is 13.7. The average molecular weight is 364 g/mol. The summed E-state index contributed by atoms with van der Waals surface area (Å²) < 4.78 is 19.1. The molecule has 0 saturated heterocycles. The summed E-state index contributed by atoms with van der Waals surface area (Å²) in [4.78, 5) is 17.6. The number of amides is 2. The van der Waals surface area contributed by atoms with Crippen molar-refractivity contribution in [3.8, 4) is 16.9 Å². The summed E-state index contributed by atoms with van der Waals surface area (Å²) >= 11 is 1.02. The Morgan fingerprint density at radius 2 is 2.36 bits per heavy atom. The van der Waals surface area contributed by atoms with Crippen molar-refractivity contribution < 1.29 is 19.0 Å². The highest BCUT2D eigenvalue weighted by molar-refractivity contribution is 7.17. The number of aliphatic hydroxyl groups is 1. The summed E-state index contributed by atoms with van der Waals surface area (Å²) in [6.45, 7) is 4.01. The Morgan fingerprint density at radius 3 is 3.00 bits per heavy atom. The first kappa shape index (κ1) is 18.6. The molecule has 0 spiro atoms. The van der Waals surface area contributed by atoms with Crippen molar-refractivity contribution in [1.82, 2.24) is 9.88 Å². The first-order valence-electron chi connectivity index (χ1n) is 7.50. The van der Waals surface area contributed by atoms with E-state index in [0.717, 1.165) is 17.4 Å². The summed E-state index contributed by atoms with van der Waals surface area (Å²) in [5.74, 6) is -0.697. The number of anilines is 1. The van der Waals surface area contributed by atoms with Crippen LogP contribution in [-0.4, -0.2) is 40.2 Å². The largest absolute Gasteiger partial charge is 0.442 e. The van der Waals surface area contributed by atoms with Crippen LogP contribution in [0, 0.1) is 17.1 Å². The second kappa shape index (κ2) is 8.41. The number of benzene rings is 1. The Bertz CT molecular complexity index is 788. The molecule has 0 aliphatic rings. The fraction of sp³-hybridized carbons (Fsp3) is 0.312. The SMILES string of the molecule is CCN(C[C@H](C)O)C(=O)Nc1ncc(Oc2cc(C#N)ccc2F)s1. The maximum Gasteiger partial charge on any atom is 0.323 e. The fourth-order valence-corrected chi connectivity index (χ4v) is 2.64. The molecule has 0 fully saturated rings.